The molecule has 0 saturated carbocycles. The first-order chi connectivity index (χ1) is 64.8. The first-order valence-electron chi connectivity index (χ1n) is 47.7. The Morgan fingerprint density at radius 2 is 0.386 bits per heavy atom. The lowest BCUT2D eigenvalue weighted by Gasteiger charge is -2.44. The molecule has 0 bridgehead atoms. The summed E-state index contributed by atoms with van der Waals surface area (Å²) in [5.74, 6) is 4.22. The highest BCUT2D eigenvalue weighted by atomic mass is 16.7. The van der Waals surface area contributed by atoms with E-state index in [1.165, 1.54) is 0 Å². The smallest absolute Gasteiger partial charge is 0.308 e. The van der Waals surface area contributed by atoms with Crippen LogP contribution < -0.4 is 47.4 Å². The van der Waals surface area contributed by atoms with Crippen LogP contribution in [-0.4, -0.2) is 133 Å². The van der Waals surface area contributed by atoms with Gasteiger partial charge in [-0.3, -0.25) is 24.0 Å². The van der Waals surface area contributed by atoms with Crippen molar-refractivity contribution >= 4 is 29.8 Å². The van der Waals surface area contributed by atoms with Gasteiger partial charge in [-0.05, 0) is 305 Å². The topological polar surface area (TPSA) is 233 Å². The Labute approximate surface area is 779 Å². The molecule has 10 aromatic rings. The summed E-state index contributed by atoms with van der Waals surface area (Å²) in [5, 5.41) is 0. The van der Waals surface area contributed by atoms with Gasteiger partial charge in [0.05, 0.1) is 66.1 Å². The molecule has 0 unspecified atom stereocenters. The van der Waals surface area contributed by atoms with Gasteiger partial charge in [0.15, 0.2) is 12.2 Å². The monoisotopic (exact) mass is 1800 g/mol. The quantitative estimate of drug-likeness (QED) is 0.0196. The average Bonchev–Trinajstić information content (AvgIpc) is 0.777. The van der Waals surface area contributed by atoms with E-state index in [0.717, 1.165) is 116 Å². The molecule has 702 valence electrons. The normalized spacial score (nSPS) is 14.5. The van der Waals surface area contributed by atoms with Gasteiger partial charge < -0.3 is 75.8 Å². The van der Waals surface area contributed by atoms with Crippen LogP contribution in [0, 0.1) is 0 Å². The largest absolute Gasteiger partial charge is 0.494 e. The second-order valence-corrected chi connectivity index (χ2v) is 32.9. The highest BCUT2D eigenvalue weighted by molar-refractivity contribution is 5.74. The number of carbonyl (C=O) groups excluding carboxylic acids is 5. The molecule has 0 N–H and O–H groups in total. The SMILES string of the molecule is CCCOc1ccc(-c2ccc(OCCCCCC(=O)OC[C@H]3O[C@@H](OC(=O)CCCCCOc4ccc(-c5ccc(OCCC)cc5)cc4)[C@H](OC(=O)CCCCCOc4ccc(-c5ccc(OCCC)cc5)cc4)[C@@H](OC(=O)CCCCCOc4ccc(-c5ccc(OCCC)cc5)cc4)[C@@H]3OC(=O)CCCCCOc3ccc(-c4ccc(OCCC)cc4)cc3)cc2)cc1. The third-order valence-corrected chi connectivity index (χ3v) is 22.1. The first kappa shape index (κ1) is 100. The van der Waals surface area contributed by atoms with Gasteiger partial charge in [0.2, 0.25) is 12.4 Å². The van der Waals surface area contributed by atoms with Crippen molar-refractivity contribution in [1.29, 1.82) is 0 Å². The van der Waals surface area contributed by atoms with E-state index in [-0.39, 0.29) is 32.1 Å². The van der Waals surface area contributed by atoms with Gasteiger partial charge >= 0.3 is 29.8 Å². The van der Waals surface area contributed by atoms with Crippen molar-refractivity contribution in [3.63, 3.8) is 0 Å². The molecule has 0 spiro atoms. The van der Waals surface area contributed by atoms with Crippen LogP contribution in [0.15, 0.2) is 243 Å². The van der Waals surface area contributed by atoms with Gasteiger partial charge in [-0.1, -0.05) is 156 Å². The summed E-state index contributed by atoms with van der Waals surface area (Å²) in [6, 6.07) is 79.4. The molecule has 10 aromatic carbocycles. The molecule has 5 atom stereocenters. The van der Waals surface area contributed by atoms with Crippen LogP contribution in [0.4, 0.5) is 0 Å². The molecule has 0 amide bonds. The molecule has 1 heterocycles. The first-order valence-corrected chi connectivity index (χ1v) is 47.7. The van der Waals surface area contributed by atoms with E-state index in [9.17, 15) is 24.0 Å². The van der Waals surface area contributed by atoms with Crippen LogP contribution in [0.25, 0.3) is 55.6 Å². The fourth-order valence-corrected chi connectivity index (χ4v) is 14.8. The third kappa shape index (κ3) is 35.0. The fraction of sp³-hybridized carbons (Fsp3) is 0.414. The summed E-state index contributed by atoms with van der Waals surface area (Å²) in [4.78, 5) is 72.3. The van der Waals surface area contributed by atoms with Crippen molar-refractivity contribution in [2.75, 3.05) is 72.7 Å². The van der Waals surface area contributed by atoms with Gasteiger partial charge in [0, 0.05) is 32.1 Å². The Bertz CT molecular complexity index is 4950. The average molecular weight is 1800 g/mol. The number of benzene rings is 10. The Kier molecular flexibility index (Phi) is 43.2. The maximum absolute atomic E-state index is 14.7. The lowest BCUT2D eigenvalue weighted by atomic mass is 9.97. The van der Waals surface area contributed by atoms with Crippen molar-refractivity contribution in [3.05, 3.63) is 243 Å². The minimum Gasteiger partial charge on any atom is -0.494 e. The van der Waals surface area contributed by atoms with Crippen LogP contribution in [0.3, 0.4) is 0 Å². The molecular weight excluding hydrogens is 1670 g/mol. The molecule has 11 rings (SSSR count). The maximum Gasteiger partial charge on any atom is 0.308 e. The summed E-state index contributed by atoms with van der Waals surface area (Å²) < 4.78 is 97.9. The molecule has 1 saturated heterocycles. The minimum absolute atomic E-state index is 0.0127. The number of hydrogen-bond acceptors (Lipinski definition) is 21. The van der Waals surface area contributed by atoms with E-state index < -0.39 is 67.2 Å². The Hall–Kier alpha value is -12.5. The number of ether oxygens (including phenoxy) is 16. The van der Waals surface area contributed by atoms with Gasteiger partial charge in [0.1, 0.15) is 70.2 Å². The van der Waals surface area contributed by atoms with Crippen molar-refractivity contribution in [3.8, 4) is 113 Å². The van der Waals surface area contributed by atoms with Crippen molar-refractivity contribution in [2.45, 2.75) is 226 Å². The predicted octanol–water partition coefficient (Wildman–Crippen LogP) is 25.0. The van der Waals surface area contributed by atoms with E-state index >= 15 is 0 Å². The van der Waals surface area contributed by atoms with E-state index in [2.05, 4.69) is 34.6 Å². The second kappa shape index (κ2) is 57.0. The molecule has 1 aliphatic rings. The minimum atomic E-state index is -1.74. The van der Waals surface area contributed by atoms with E-state index in [4.69, 9.17) is 75.8 Å². The van der Waals surface area contributed by atoms with Crippen LogP contribution in [0.1, 0.15) is 195 Å². The second-order valence-electron chi connectivity index (χ2n) is 32.9. The van der Waals surface area contributed by atoms with Crippen molar-refractivity contribution in [2.24, 2.45) is 0 Å². The fourth-order valence-electron chi connectivity index (χ4n) is 14.8. The zero-order valence-electron chi connectivity index (χ0n) is 77.5. The highest BCUT2D eigenvalue weighted by Gasteiger charge is 2.54. The molecular formula is C111H132O21. The van der Waals surface area contributed by atoms with Crippen molar-refractivity contribution < 1.29 is 99.8 Å². The molecule has 0 aliphatic carbocycles. The van der Waals surface area contributed by atoms with Crippen molar-refractivity contribution in [1.82, 2.24) is 0 Å². The lowest BCUT2D eigenvalue weighted by Crippen LogP contribution is -2.63. The molecule has 1 aliphatic heterocycles. The zero-order valence-corrected chi connectivity index (χ0v) is 77.5. The summed E-state index contributed by atoms with van der Waals surface area (Å²) in [5.41, 5.74) is 10.4. The van der Waals surface area contributed by atoms with Crippen LogP contribution in [-0.2, 0) is 52.4 Å². The predicted molar refractivity (Wildman–Crippen MR) is 513 cm³/mol. The van der Waals surface area contributed by atoms with Crippen LogP contribution in [0.2, 0.25) is 0 Å². The van der Waals surface area contributed by atoms with Gasteiger partial charge in [0.25, 0.3) is 0 Å². The number of esters is 5. The number of rotatable bonds is 61. The Balaban J connectivity index is 0.769. The summed E-state index contributed by atoms with van der Waals surface area (Å²) >= 11 is 0. The molecule has 21 heteroatoms. The Morgan fingerprint density at radius 1 is 0.205 bits per heavy atom. The summed E-state index contributed by atoms with van der Waals surface area (Å²) in [6.07, 6.45) is 4.12. The molecule has 1 fully saturated rings. The third-order valence-electron chi connectivity index (χ3n) is 22.1. The van der Waals surface area contributed by atoms with Crippen LogP contribution in [0.5, 0.6) is 57.5 Å². The summed E-state index contributed by atoms with van der Waals surface area (Å²) in [7, 11) is 0. The zero-order chi connectivity index (χ0) is 92.4. The number of unbranched alkanes of at least 4 members (excludes halogenated alkanes) is 10. The summed E-state index contributed by atoms with van der Waals surface area (Å²) in [6.45, 7) is 15.0. The molecule has 0 radical (unpaired) electrons. The van der Waals surface area contributed by atoms with Crippen LogP contribution >= 0.6 is 0 Å². The maximum atomic E-state index is 14.7. The Morgan fingerprint density at radius 3 is 0.598 bits per heavy atom. The molecule has 21 nitrogen and oxygen atoms in total. The highest BCUT2D eigenvalue weighted by Crippen LogP contribution is 2.36. The van der Waals surface area contributed by atoms with Gasteiger partial charge in [-0.15, -0.1) is 0 Å². The van der Waals surface area contributed by atoms with E-state index in [0.29, 0.717) is 191 Å². The van der Waals surface area contributed by atoms with Gasteiger partial charge in [-0.25, -0.2) is 0 Å². The molecule has 132 heavy (non-hydrogen) atoms. The molecule has 0 aromatic heterocycles. The number of carbonyl (C=O) groups is 5. The van der Waals surface area contributed by atoms with E-state index in [1.54, 1.807) is 0 Å². The van der Waals surface area contributed by atoms with Gasteiger partial charge in [-0.2, -0.15) is 0 Å². The standard InChI is InChI=1S/C111H132O21/c1-6-71-117-92-51-31-82(32-52-92)87-41-61-97(62-42-87)122-76-21-11-16-26-103(112)127-81-102-108(129-104(113)27-17-12-22-77-123-98-63-43-88(44-64-98)83-33-53-93(54-34-83)118-72-7-2)109(130-105(114)28-18-13-23-78-124-99-65-45-89(46-66-99)84-35-55-94(56-36-84)119-73-8-3)110(131-106(115)29-19-14-24-79-125-100-67-47-90(48-68-100)85-37-57-95(58-38-85)120-74-9-4)111(128-102)132-107(116)30-20-15-25-80-126-101-69-49-91(50-70-101)86-39-59-96(60-40-86)121-75-10-5/h31-70,102,108-111H,6-30,71-81H2,1-5H3/t102-,108-,109+,110-,111+/m1/s1. The number of hydrogen-bond donors (Lipinski definition) is 0. The lowest BCUT2D eigenvalue weighted by molar-refractivity contribution is -0.301. The van der Waals surface area contributed by atoms with E-state index in [1.807, 2.05) is 243 Å².